The van der Waals surface area contributed by atoms with Crippen molar-refractivity contribution < 1.29 is 9.13 Å². The van der Waals surface area contributed by atoms with Crippen LogP contribution in [0.25, 0.3) is 0 Å². The summed E-state index contributed by atoms with van der Waals surface area (Å²) in [5.74, 6) is 0.912. The summed E-state index contributed by atoms with van der Waals surface area (Å²) in [5, 5.41) is 0. The van der Waals surface area contributed by atoms with Crippen LogP contribution in [-0.4, -0.2) is 0 Å². The Bertz CT molecular complexity index is 581. The maximum atomic E-state index is 13.9. The van der Waals surface area contributed by atoms with Crippen LogP contribution in [0.15, 0.2) is 42.5 Å². The molecule has 0 fully saturated rings. The van der Waals surface area contributed by atoms with Crippen molar-refractivity contribution in [3.05, 3.63) is 65.0 Å². The quantitative estimate of drug-likeness (QED) is 0.894. The minimum atomic E-state index is -0.269. The number of para-hydroxylation sites is 1. The van der Waals surface area contributed by atoms with E-state index in [0.717, 1.165) is 16.9 Å². The second-order valence-corrected chi connectivity index (χ2v) is 5.11. The molecule has 0 aliphatic heterocycles. The van der Waals surface area contributed by atoms with E-state index in [2.05, 4.69) is 13.8 Å². The van der Waals surface area contributed by atoms with Crippen LogP contribution >= 0.6 is 0 Å². The first kappa shape index (κ1) is 14.5. The van der Waals surface area contributed by atoms with Crippen molar-refractivity contribution in [1.82, 2.24) is 0 Å². The third kappa shape index (κ3) is 3.36. The fourth-order valence-corrected chi connectivity index (χ4v) is 2.08. The van der Waals surface area contributed by atoms with Crippen molar-refractivity contribution >= 4 is 0 Å². The van der Waals surface area contributed by atoms with Gasteiger partial charge in [0.25, 0.3) is 0 Å². The maximum absolute atomic E-state index is 13.9. The van der Waals surface area contributed by atoms with Crippen LogP contribution in [0.4, 0.5) is 4.39 Å². The first-order valence-corrected chi connectivity index (χ1v) is 6.81. The van der Waals surface area contributed by atoms with Crippen LogP contribution < -0.4 is 10.5 Å². The molecule has 2 N–H and O–H groups in total. The van der Waals surface area contributed by atoms with Crippen LogP contribution in [0.2, 0.25) is 0 Å². The summed E-state index contributed by atoms with van der Waals surface area (Å²) >= 11 is 0. The normalized spacial score (nSPS) is 10.8. The number of ether oxygens (including phenoxy) is 1. The molecule has 0 aliphatic carbocycles. The first-order valence-electron chi connectivity index (χ1n) is 6.81. The van der Waals surface area contributed by atoms with Crippen molar-refractivity contribution in [2.45, 2.75) is 32.9 Å². The van der Waals surface area contributed by atoms with E-state index < -0.39 is 0 Å². The summed E-state index contributed by atoms with van der Waals surface area (Å²) in [6.07, 6.45) is 0. The van der Waals surface area contributed by atoms with Gasteiger partial charge in [-0.25, -0.2) is 4.39 Å². The summed E-state index contributed by atoms with van der Waals surface area (Å²) in [6.45, 7) is 4.78. The van der Waals surface area contributed by atoms with E-state index in [0.29, 0.717) is 18.0 Å². The van der Waals surface area contributed by atoms with Gasteiger partial charge in [-0.2, -0.15) is 0 Å². The predicted molar refractivity (Wildman–Crippen MR) is 79.2 cm³/mol. The maximum Gasteiger partial charge on any atom is 0.130 e. The number of hydrogen-bond acceptors (Lipinski definition) is 2. The Morgan fingerprint density at radius 2 is 1.90 bits per heavy atom. The second-order valence-electron chi connectivity index (χ2n) is 5.11. The highest BCUT2D eigenvalue weighted by molar-refractivity contribution is 5.36. The van der Waals surface area contributed by atoms with Gasteiger partial charge in [-0.3, -0.25) is 0 Å². The summed E-state index contributed by atoms with van der Waals surface area (Å²) in [5.41, 5.74) is 7.95. The van der Waals surface area contributed by atoms with Crippen molar-refractivity contribution in [1.29, 1.82) is 0 Å². The third-order valence-electron chi connectivity index (χ3n) is 3.28. The molecule has 2 aromatic rings. The molecule has 0 spiro atoms. The molecule has 0 heterocycles. The average molecular weight is 273 g/mol. The summed E-state index contributed by atoms with van der Waals surface area (Å²) in [7, 11) is 0. The second kappa shape index (κ2) is 6.53. The Hall–Kier alpha value is -1.87. The standard InChI is InChI=1S/C17H20FNO/c1-12(2)15-5-3-4-6-17(15)20-11-14-8-7-13(10-19)9-16(14)18/h3-9,12H,10-11,19H2,1-2H3. The van der Waals surface area contributed by atoms with E-state index in [1.165, 1.54) is 6.07 Å². The van der Waals surface area contributed by atoms with Crippen molar-refractivity contribution in [3.8, 4) is 5.75 Å². The molecule has 106 valence electrons. The van der Waals surface area contributed by atoms with Gasteiger partial charge >= 0.3 is 0 Å². The molecule has 2 rings (SSSR count). The highest BCUT2D eigenvalue weighted by Gasteiger charge is 2.09. The van der Waals surface area contributed by atoms with Crippen LogP contribution in [0.3, 0.4) is 0 Å². The largest absolute Gasteiger partial charge is 0.489 e. The molecule has 0 unspecified atom stereocenters. The zero-order valence-electron chi connectivity index (χ0n) is 11.9. The summed E-state index contributed by atoms with van der Waals surface area (Å²) in [6, 6.07) is 12.9. The average Bonchev–Trinajstić information content (AvgIpc) is 2.46. The lowest BCUT2D eigenvalue weighted by atomic mass is 10.0. The van der Waals surface area contributed by atoms with Crippen LogP contribution in [0, 0.1) is 5.82 Å². The minimum Gasteiger partial charge on any atom is -0.489 e. The fraction of sp³-hybridized carbons (Fsp3) is 0.294. The molecule has 2 nitrogen and oxygen atoms in total. The molecule has 0 aliphatic rings. The lowest BCUT2D eigenvalue weighted by Gasteiger charge is -2.14. The number of rotatable bonds is 5. The number of nitrogens with two attached hydrogens (primary N) is 1. The Morgan fingerprint density at radius 3 is 2.55 bits per heavy atom. The molecular formula is C17H20FNO. The van der Waals surface area contributed by atoms with E-state index in [-0.39, 0.29) is 12.4 Å². The summed E-state index contributed by atoms with van der Waals surface area (Å²) < 4.78 is 19.6. The molecule has 0 radical (unpaired) electrons. The molecule has 0 atom stereocenters. The van der Waals surface area contributed by atoms with Gasteiger partial charge in [0.2, 0.25) is 0 Å². The van der Waals surface area contributed by atoms with E-state index >= 15 is 0 Å². The number of benzene rings is 2. The lowest BCUT2D eigenvalue weighted by Crippen LogP contribution is -2.03. The van der Waals surface area contributed by atoms with Gasteiger partial charge in [0.1, 0.15) is 18.2 Å². The Morgan fingerprint density at radius 1 is 1.15 bits per heavy atom. The van der Waals surface area contributed by atoms with Crippen molar-refractivity contribution in [2.75, 3.05) is 0 Å². The number of halogens is 1. The minimum absolute atomic E-state index is 0.223. The molecular weight excluding hydrogens is 253 g/mol. The first-order chi connectivity index (χ1) is 9.61. The van der Waals surface area contributed by atoms with E-state index in [4.69, 9.17) is 10.5 Å². The van der Waals surface area contributed by atoms with Gasteiger partial charge in [-0.15, -0.1) is 0 Å². The Labute approximate surface area is 119 Å². The topological polar surface area (TPSA) is 35.2 Å². The van der Waals surface area contributed by atoms with Gasteiger partial charge in [0.15, 0.2) is 0 Å². The van der Waals surface area contributed by atoms with Crippen molar-refractivity contribution in [3.63, 3.8) is 0 Å². The van der Waals surface area contributed by atoms with Gasteiger partial charge in [0, 0.05) is 12.1 Å². The lowest BCUT2D eigenvalue weighted by molar-refractivity contribution is 0.295. The molecule has 0 saturated carbocycles. The SMILES string of the molecule is CC(C)c1ccccc1OCc1ccc(CN)cc1F. The highest BCUT2D eigenvalue weighted by Crippen LogP contribution is 2.26. The van der Waals surface area contributed by atoms with Gasteiger partial charge in [-0.1, -0.05) is 44.2 Å². The van der Waals surface area contributed by atoms with Crippen LogP contribution in [0.5, 0.6) is 5.75 Å². The summed E-state index contributed by atoms with van der Waals surface area (Å²) in [4.78, 5) is 0. The molecule has 0 aromatic heterocycles. The molecule has 3 heteroatoms. The predicted octanol–water partition coefficient (Wildman–Crippen LogP) is 3.99. The zero-order valence-corrected chi connectivity index (χ0v) is 11.9. The van der Waals surface area contributed by atoms with Gasteiger partial charge in [0.05, 0.1) is 0 Å². The van der Waals surface area contributed by atoms with E-state index in [9.17, 15) is 4.39 Å². The van der Waals surface area contributed by atoms with E-state index in [1.54, 1.807) is 6.07 Å². The van der Waals surface area contributed by atoms with Crippen LogP contribution in [-0.2, 0) is 13.2 Å². The third-order valence-corrected chi connectivity index (χ3v) is 3.28. The Kier molecular flexibility index (Phi) is 4.74. The smallest absolute Gasteiger partial charge is 0.130 e. The molecule has 0 saturated heterocycles. The number of hydrogen-bond donors (Lipinski definition) is 1. The van der Waals surface area contributed by atoms with Crippen LogP contribution in [0.1, 0.15) is 36.5 Å². The molecule has 0 bridgehead atoms. The molecule has 20 heavy (non-hydrogen) atoms. The highest BCUT2D eigenvalue weighted by atomic mass is 19.1. The molecule has 2 aromatic carbocycles. The van der Waals surface area contributed by atoms with Crippen molar-refractivity contribution in [2.24, 2.45) is 5.73 Å². The van der Waals surface area contributed by atoms with Gasteiger partial charge < -0.3 is 10.5 Å². The van der Waals surface area contributed by atoms with E-state index in [1.807, 2.05) is 30.3 Å². The monoisotopic (exact) mass is 273 g/mol. The Balaban J connectivity index is 2.13. The van der Waals surface area contributed by atoms with Gasteiger partial charge in [-0.05, 0) is 29.2 Å². The fourth-order valence-electron chi connectivity index (χ4n) is 2.08. The molecule has 0 amide bonds. The zero-order chi connectivity index (χ0) is 14.5.